The SMILES string of the molecule is NC(=O)C1CC(O)CN1S(N)(=O)=O. The zero-order chi connectivity index (χ0) is 10.2. The number of aliphatic hydroxyl groups is 1. The Balaban J connectivity index is 2.91. The summed E-state index contributed by atoms with van der Waals surface area (Å²) in [4.78, 5) is 10.8. The summed E-state index contributed by atoms with van der Waals surface area (Å²) >= 11 is 0. The number of carbonyl (C=O) groups is 1. The number of hydrogen-bond donors (Lipinski definition) is 3. The summed E-state index contributed by atoms with van der Waals surface area (Å²) in [6.45, 7) is -0.174. The topological polar surface area (TPSA) is 127 Å². The maximum absolute atomic E-state index is 10.9. The first-order chi connectivity index (χ1) is 5.82. The van der Waals surface area contributed by atoms with Crippen molar-refractivity contribution in [3.05, 3.63) is 0 Å². The molecule has 2 atom stereocenters. The van der Waals surface area contributed by atoms with Crippen molar-refractivity contribution in [2.45, 2.75) is 18.6 Å². The lowest BCUT2D eigenvalue weighted by Crippen LogP contribution is -2.46. The van der Waals surface area contributed by atoms with Crippen molar-refractivity contribution >= 4 is 16.1 Å². The lowest BCUT2D eigenvalue weighted by Gasteiger charge is -2.17. The average molecular weight is 209 g/mol. The fourth-order valence-corrected chi connectivity index (χ4v) is 2.25. The van der Waals surface area contributed by atoms with Gasteiger partial charge in [-0.1, -0.05) is 0 Å². The molecule has 1 amide bonds. The molecule has 0 saturated carbocycles. The number of nitrogens with zero attached hydrogens (tertiary/aromatic N) is 1. The predicted molar refractivity (Wildman–Crippen MR) is 43.4 cm³/mol. The van der Waals surface area contributed by atoms with E-state index in [1.807, 2.05) is 0 Å². The Morgan fingerprint density at radius 2 is 2.08 bits per heavy atom. The van der Waals surface area contributed by atoms with Crippen LogP contribution in [0.4, 0.5) is 0 Å². The van der Waals surface area contributed by atoms with Crippen molar-refractivity contribution in [2.24, 2.45) is 10.9 Å². The Morgan fingerprint density at radius 3 is 2.38 bits per heavy atom. The molecule has 0 aliphatic carbocycles. The molecule has 2 unspecified atom stereocenters. The van der Waals surface area contributed by atoms with Crippen molar-refractivity contribution in [2.75, 3.05) is 6.54 Å². The van der Waals surface area contributed by atoms with Crippen LogP contribution in [-0.4, -0.2) is 42.4 Å². The van der Waals surface area contributed by atoms with Crippen LogP contribution in [0.3, 0.4) is 0 Å². The van der Waals surface area contributed by atoms with E-state index in [-0.39, 0.29) is 13.0 Å². The van der Waals surface area contributed by atoms with Gasteiger partial charge in [-0.05, 0) is 0 Å². The molecule has 1 rings (SSSR count). The molecule has 13 heavy (non-hydrogen) atoms. The second kappa shape index (κ2) is 3.22. The smallest absolute Gasteiger partial charge is 0.277 e. The van der Waals surface area contributed by atoms with E-state index in [4.69, 9.17) is 16.0 Å². The maximum Gasteiger partial charge on any atom is 0.277 e. The molecule has 0 bridgehead atoms. The summed E-state index contributed by atoms with van der Waals surface area (Å²) in [5.41, 5.74) is 4.94. The number of β-amino-alcohol motifs (C(OH)–C–C–N with tert-alkyl or cyclic N) is 1. The normalized spacial score (nSPS) is 30.6. The highest BCUT2D eigenvalue weighted by atomic mass is 32.2. The van der Waals surface area contributed by atoms with Crippen LogP contribution in [-0.2, 0) is 15.0 Å². The van der Waals surface area contributed by atoms with Gasteiger partial charge >= 0.3 is 0 Å². The molecule has 0 aromatic rings. The minimum Gasteiger partial charge on any atom is -0.392 e. The van der Waals surface area contributed by atoms with Gasteiger partial charge in [-0.25, -0.2) is 5.14 Å². The summed E-state index contributed by atoms with van der Waals surface area (Å²) in [7, 11) is -3.96. The van der Waals surface area contributed by atoms with Gasteiger partial charge in [0.15, 0.2) is 0 Å². The zero-order valence-electron chi connectivity index (χ0n) is 6.75. The van der Waals surface area contributed by atoms with Gasteiger partial charge in [0, 0.05) is 13.0 Å². The Bertz CT molecular complexity index is 314. The van der Waals surface area contributed by atoms with E-state index in [0.29, 0.717) is 4.31 Å². The van der Waals surface area contributed by atoms with E-state index in [1.54, 1.807) is 0 Å². The molecular weight excluding hydrogens is 198 g/mol. The lowest BCUT2D eigenvalue weighted by molar-refractivity contribution is -0.121. The quantitative estimate of drug-likeness (QED) is 0.451. The predicted octanol–water partition coefficient (Wildman–Crippen LogP) is -2.89. The zero-order valence-corrected chi connectivity index (χ0v) is 7.57. The van der Waals surface area contributed by atoms with E-state index in [1.165, 1.54) is 0 Å². The monoisotopic (exact) mass is 209 g/mol. The van der Waals surface area contributed by atoms with Crippen LogP contribution in [0, 0.1) is 0 Å². The van der Waals surface area contributed by atoms with Crippen LogP contribution in [0.5, 0.6) is 0 Å². The van der Waals surface area contributed by atoms with Crippen LogP contribution in [0.25, 0.3) is 0 Å². The number of rotatable bonds is 2. The van der Waals surface area contributed by atoms with Gasteiger partial charge in [0.2, 0.25) is 5.91 Å². The molecule has 7 nitrogen and oxygen atoms in total. The molecule has 8 heteroatoms. The summed E-state index contributed by atoms with van der Waals surface area (Å²) in [6.07, 6.45) is -0.873. The first kappa shape index (κ1) is 10.4. The highest BCUT2D eigenvalue weighted by Gasteiger charge is 2.40. The number of amides is 1. The van der Waals surface area contributed by atoms with E-state index < -0.39 is 28.3 Å². The van der Waals surface area contributed by atoms with Gasteiger partial charge in [0.25, 0.3) is 10.2 Å². The van der Waals surface area contributed by atoms with Crippen molar-refractivity contribution < 1.29 is 18.3 Å². The van der Waals surface area contributed by atoms with Gasteiger partial charge in [0.05, 0.1) is 6.10 Å². The summed E-state index contributed by atoms with van der Waals surface area (Å²) in [5, 5.41) is 13.9. The number of primary amides is 1. The van der Waals surface area contributed by atoms with Crippen molar-refractivity contribution in [1.82, 2.24) is 4.31 Å². The Kier molecular flexibility index (Phi) is 2.57. The summed E-state index contributed by atoms with van der Waals surface area (Å²) in [5.74, 6) is -0.800. The first-order valence-electron chi connectivity index (χ1n) is 3.59. The molecule has 76 valence electrons. The van der Waals surface area contributed by atoms with Crippen LogP contribution in [0.2, 0.25) is 0 Å². The molecule has 1 saturated heterocycles. The minimum atomic E-state index is -3.96. The van der Waals surface area contributed by atoms with Crippen molar-refractivity contribution in [3.63, 3.8) is 0 Å². The molecule has 1 aliphatic heterocycles. The number of aliphatic hydroxyl groups excluding tert-OH is 1. The van der Waals surface area contributed by atoms with Gasteiger partial charge in [-0.2, -0.15) is 12.7 Å². The molecule has 1 heterocycles. The lowest BCUT2D eigenvalue weighted by atomic mass is 10.2. The van der Waals surface area contributed by atoms with Crippen LogP contribution >= 0.6 is 0 Å². The molecule has 5 N–H and O–H groups in total. The Hall–Kier alpha value is -0.700. The molecular formula is C5H11N3O4S. The first-order valence-corrected chi connectivity index (χ1v) is 5.09. The van der Waals surface area contributed by atoms with Crippen LogP contribution in [0.1, 0.15) is 6.42 Å². The number of nitrogens with two attached hydrogens (primary N) is 2. The molecule has 0 aromatic heterocycles. The molecule has 0 aromatic carbocycles. The maximum atomic E-state index is 10.9. The molecule has 0 spiro atoms. The Morgan fingerprint density at radius 1 is 1.54 bits per heavy atom. The van der Waals surface area contributed by atoms with E-state index in [0.717, 1.165) is 0 Å². The van der Waals surface area contributed by atoms with Gasteiger partial charge in [0.1, 0.15) is 6.04 Å². The second-order valence-electron chi connectivity index (χ2n) is 2.92. The largest absolute Gasteiger partial charge is 0.392 e. The second-order valence-corrected chi connectivity index (χ2v) is 4.42. The fraction of sp³-hybridized carbons (Fsp3) is 0.800. The number of hydrogen-bond acceptors (Lipinski definition) is 4. The number of carbonyl (C=O) groups excluding carboxylic acids is 1. The van der Waals surface area contributed by atoms with Crippen molar-refractivity contribution in [3.8, 4) is 0 Å². The standard InChI is InChI=1S/C5H11N3O4S/c6-5(10)4-1-3(9)2-8(4)13(7,11)12/h3-4,9H,1-2H2,(H2,6,10)(H2,7,11,12). The highest BCUT2D eigenvalue weighted by molar-refractivity contribution is 7.86. The molecule has 1 fully saturated rings. The van der Waals surface area contributed by atoms with Gasteiger partial charge < -0.3 is 10.8 Å². The van der Waals surface area contributed by atoms with Gasteiger partial charge in [-0.15, -0.1) is 0 Å². The van der Waals surface area contributed by atoms with Crippen molar-refractivity contribution in [1.29, 1.82) is 0 Å². The molecule has 1 aliphatic rings. The minimum absolute atomic E-state index is 0.00572. The average Bonchev–Trinajstić information content (AvgIpc) is 2.29. The highest BCUT2D eigenvalue weighted by Crippen LogP contribution is 2.19. The van der Waals surface area contributed by atoms with Crippen LogP contribution < -0.4 is 10.9 Å². The Labute approximate surface area is 75.5 Å². The van der Waals surface area contributed by atoms with E-state index in [2.05, 4.69) is 0 Å². The van der Waals surface area contributed by atoms with E-state index >= 15 is 0 Å². The van der Waals surface area contributed by atoms with Crippen LogP contribution in [0.15, 0.2) is 0 Å². The van der Waals surface area contributed by atoms with E-state index in [9.17, 15) is 13.2 Å². The molecule has 0 radical (unpaired) electrons. The third-order valence-corrected chi connectivity index (χ3v) is 2.95. The third kappa shape index (κ3) is 2.15. The van der Waals surface area contributed by atoms with Gasteiger partial charge in [-0.3, -0.25) is 4.79 Å². The third-order valence-electron chi connectivity index (χ3n) is 1.89. The summed E-state index contributed by atoms with van der Waals surface area (Å²) in [6, 6.07) is -1.02. The summed E-state index contributed by atoms with van der Waals surface area (Å²) < 4.78 is 22.5. The fourth-order valence-electron chi connectivity index (χ4n) is 1.32.